The monoisotopic (exact) mass is 226 g/mol. The number of carbonyl (C=O) groups excluding carboxylic acids is 2. The van der Waals surface area contributed by atoms with Crippen LogP contribution in [0.25, 0.3) is 0 Å². The van der Waals surface area contributed by atoms with Crippen LogP contribution in [0.3, 0.4) is 0 Å². The smallest absolute Gasteiger partial charge is 0.171 e. The highest BCUT2D eigenvalue weighted by molar-refractivity contribution is 5.75. The van der Waals surface area contributed by atoms with Crippen LogP contribution in [0, 0.1) is 11.8 Å². The zero-order valence-electron chi connectivity index (χ0n) is 9.61. The van der Waals surface area contributed by atoms with Crippen LogP contribution in [-0.4, -0.2) is 31.1 Å². The van der Waals surface area contributed by atoms with Gasteiger partial charge in [-0.2, -0.15) is 0 Å². The highest BCUT2D eigenvalue weighted by Gasteiger charge is 2.52. The minimum absolute atomic E-state index is 0.0522. The topological polar surface area (TPSA) is 52.6 Å². The molecular formula is C12H18O4. The molecule has 0 amide bonds. The number of ketones is 1. The number of ether oxygens (including phenoxy) is 2. The number of carbonyl (C=O) groups is 2. The van der Waals surface area contributed by atoms with E-state index < -0.39 is 5.79 Å². The van der Waals surface area contributed by atoms with E-state index in [1.54, 1.807) is 6.92 Å². The molecule has 2 aliphatic rings. The van der Waals surface area contributed by atoms with Crippen molar-refractivity contribution in [3.05, 3.63) is 0 Å². The molecule has 4 heteroatoms. The lowest BCUT2D eigenvalue weighted by Gasteiger charge is -2.30. The summed E-state index contributed by atoms with van der Waals surface area (Å²) in [5.41, 5.74) is 0. The van der Waals surface area contributed by atoms with Gasteiger partial charge < -0.3 is 19.1 Å². The number of Topliss-reactive ketones (excluding diaryl/α,β-unsaturated/α-hetero) is 1. The van der Waals surface area contributed by atoms with Crippen molar-refractivity contribution >= 4 is 12.1 Å². The summed E-state index contributed by atoms with van der Waals surface area (Å²) in [5.74, 6) is -0.103. The third-order valence-corrected chi connectivity index (χ3v) is 3.67. The van der Waals surface area contributed by atoms with Crippen molar-refractivity contribution in [2.24, 2.45) is 11.8 Å². The van der Waals surface area contributed by atoms with Crippen molar-refractivity contribution in [2.45, 2.75) is 38.4 Å². The molecule has 16 heavy (non-hydrogen) atoms. The number of hydrogen-bond acceptors (Lipinski definition) is 4. The Labute approximate surface area is 95.3 Å². The molecule has 1 saturated heterocycles. The van der Waals surface area contributed by atoms with E-state index in [9.17, 15) is 9.59 Å². The van der Waals surface area contributed by atoms with Crippen molar-refractivity contribution in [3.8, 4) is 0 Å². The molecule has 1 saturated carbocycles. The maximum atomic E-state index is 11.2. The van der Waals surface area contributed by atoms with Gasteiger partial charge in [0, 0.05) is 25.2 Å². The van der Waals surface area contributed by atoms with Crippen molar-refractivity contribution in [1.29, 1.82) is 0 Å². The van der Waals surface area contributed by atoms with Crippen LogP contribution in [0.5, 0.6) is 0 Å². The van der Waals surface area contributed by atoms with Gasteiger partial charge in [0.1, 0.15) is 12.1 Å². The molecule has 0 bridgehead atoms. The first-order valence-electron chi connectivity index (χ1n) is 5.89. The summed E-state index contributed by atoms with van der Waals surface area (Å²) in [6.07, 6.45) is 3.60. The Hall–Kier alpha value is -0.740. The second kappa shape index (κ2) is 4.63. The fraction of sp³-hybridized carbons (Fsp3) is 0.833. The Bertz CT molecular complexity index is 281. The molecule has 2 atom stereocenters. The summed E-state index contributed by atoms with van der Waals surface area (Å²) in [6, 6.07) is 0. The van der Waals surface area contributed by atoms with Gasteiger partial charge >= 0.3 is 0 Å². The molecule has 0 aromatic rings. The van der Waals surface area contributed by atoms with Crippen molar-refractivity contribution in [3.63, 3.8) is 0 Å². The molecule has 2 rings (SSSR count). The predicted octanol–water partition coefficient (Wildman–Crippen LogP) is 1.32. The zero-order chi connectivity index (χ0) is 11.6. The molecule has 1 aliphatic carbocycles. The van der Waals surface area contributed by atoms with E-state index in [1.807, 2.05) is 0 Å². The fourth-order valence-corrected chi connectivity index (χ4v) is 3.05. The molecule has 1 aliphatic heterocycles. The molecule has 0 radical (unpaired) electrons. The van der Waals surface area contributed by atoms with Gasteiger partial charge in [0.25, 0.3) is 0 Å². The summed E-state index contributed by atoms with van der Waals surface area (Å²) in [5, 5.41) is 0. The Morgan fingerprint density at radius 1 is 1.44 bits per heavy atom. The molecule has 0 aromatic heterocycles. The number of hydrogen-bond donors (Lipinski definition) is 0. The minimum atomic E-state index is -0.568. The zero-order valence-corrected chi connectivity index (χ0v) is 9.61. The van der Waals surface area contributed by atoms with Crippen molar-refractivity contribution < 1.29 is 19.1 Å². The molecule has 1 heterocycles. The van der Waals surface area contributed by atoms with Crippen LogP contribution in [-0.2, 0) is 19.1 Å². The van der Waals surface area contributed by atoms with Gasteiger partial charge in [-0.1, -0.05) is 0 Å². The largest absolute Gasteiger partial charge is 0.347 e. The summed E-state index contributed by atoms with van der Waals surface area (Å²) < 4.78 is 11.4. The van der Waals surface area contributed by atoms with Crippen LogP contribution in [0.15, 0.2) is 0 Å². The highest BCUT2D eigenvalue weighted by atomic mass is 16.7. The van der Waals surface area contributed by atoms with E-state index in [-0.39, 0.29) is 17.6 Å². The molecular weight excluding hydrogens is 208 g/mol. The Morgan fingerprint density at radius 3 is 2.69 bits per heavy atom. The van der Waals surface area contributed by atoms with Gasteiger partial charge in [-0.25, -0.2) is 0 Å². The first kappa shape index (κ1) is 11.7. The van der Waals surface area contributed by atoms with Crippen LogP contribution in [0.2, 0.25) is 0 Å². The van der Waals surface area contributed by atoms with E-state index in [0.717, 1.165) is 19.1 Å². The van der Waals surface area contributed by atoms with E-state index >= 15 is 0 Å². The molecule has 0 aromatic carbocycles. The summed E-state index contributed by atoms with van der Waals surface area (Å²) in [4.78, 5) is 21.9. The van der Waals surface area contributed by atoms with Gasteiger partial charge in [0.15, 0.2) is 5.79 Å². The normalized spacial score (nSPS) is 32.1. The second-order valence-electron chi connectivity index (χ2n) is 4.72. The predicted molar refractivity (Wildman–Crippen MR) is 56.8 cm³/mol. The standard InChI is InChI=1S/C12H18O4/c1-9(14)8-10-2-4-12(11(10)3-5-13)15-6-7-16-12/h5,10-11H,2-4,6-8H2,1H3/t10-,11+/m0/s1. The first-order valence-corrected chi connectivity index (χ1v) is 5.89. The lowest BCUT2D eigenvalue weighted by Crippen LogP contribution is -2.37. The SMILES string of the molecule is CC(=O)C[C@@H]1CCC2(OCCO2)[C@@H]1CC=O. The van der Waals surface area contributed by atoms with Gasteiger partial charge in [0.2, 0.25) is 0 Å². The molecule has 0 unspecified atom stereocenters. The summed E-state index contributed by atoms with van der Waals surface area (Å²) in [7, 11) is 0. The first-order chi connectivity index (χ1) is 7.68. The van der Waals surface area contributed by atoms with Crippen molar-refractivity contribution in [1.82, 2.24) is 0 Å². The van der Waals surface area contributed by atoms with Gasteiger partial charge in [-0.3, -0.25) is 0 Å². The third-order valence-electron chi connectivity index (χ3n) is 3.67. The molecule has 1 spiro atoms. The quantitative estimate of drug-likeness (QED) is 0.678. The van der Waals surface area contributed by atoms with Crippen molar-refractivity contribution in [2.75, 3.05) is 13.2 Å². The number of rotatable bonds is 4. The fourth-order valence-electron chi connectivity index (χ4n) is 3.05. The van der Waals surface area contributed by atoms with Crippen LogP contribution in [0.4, 0.5) is 0 Å². The summed E-state index contributed by atoms with van der Waals surface area (Å²) in [6.45, 7) is 2.80. The van der Waals surface area contributed by atoms with E-state index in [4.69, 9.17) is 9.47 Å². The average Bonchev–Trinajstić information content (AvgIpc) is 2.81. The molecule has 4 nitrogen and oxygen atoms in total. The van der Waals surface area contributed by atoms with E-state index in [2.05, 4.69) is 0 Å². The molecule has 0 N–H and O–H groups in total. The average molecular weight is 226 g/mol. The minimum Gasteiger partial charge on any atom is -0.347 e. The maximum absolute atomic E-state index is 11.2. The number of aldehydes is 1. The molecule has 2 fully saturated rings. The Kier molecular flexibility index (Phi) is 3.40. The Balaban J connectivity index is 2.11. The van der Waals surface area contributed by atoms with Gasteiger partial charge in [0.05, 0.1) is 13.2 Å². The maximum Gasteiger partial charge on any atom is 0.171 e. The highest BCUT2D eigenvalue weighted by Crippen LogP contribution is 2.48. The molecule has 90 valence electrons. The van der Waals surface area contributed by atoms with Crippen LogP contribution in [0.1, 0.15) is 32.6 Å². The van der Waals surface area contributed by atoms with Gasteiger partial charge in [-0.05, 0) is 19.3 Å². The van der Waals surface area contributed by atoms with E-state index in [0.29, 0.717) is 26.1 Å². The Morgan fingerprint density at radius 2 is 2.12 bits per heavy atom. The lowest BCUT2D eigenvalue weighted by molar-refractivity contribution is -0.187. The van der Waals surface area contributed by atoms with E-state index in [1.165, 1.54) is 0 Å². The second-order valence-corrected chi connectivity index (χ2v) is 4.72. The van der Waals surface area contributed by atoms with Crippen LogP contribution < -0.4 is 0 Å². The lowest BCUT2D eigenvalue weighted by atomic mass is 9.87. The van der Waals surface area contributed by atoms with Crippen LogP contribution >= 0.6 is 0 Å². The third kappa shape index (κ3) is 2.04. The summed E-state index contributed by atoms with van der Waals surface area (Å²) >= 11 is 0. The van der Waals surface area contributed by atoms with Gasteiger partial charge in [-0.15, -0.1) is 0 Å².